The maximum absolute atomic E-state index is 12.5. The van der Waals surface area contributed by atoms with Gasteiger partial charge in [-0.15, -0.1) is 0 Å². The molecule has 6 nitrogen and oxygen atoms in total. The normalized spacial score (nSPS) is 30.8. The number of hydrogen-bond donors (Lipinski definition) is 0. The van der Waals surface area contributed by atoms with Crippen LogP contribution in [0.3, 0.4) is 0 Å². The van der Waals surface area contributed by atoms with E-state index in [1.807, 2.05) is 20.8 Å². The number of nitrogens with zero attached hydrogens (tertiary/aromatic N) is 3. The van der Waals surface area contributed by atoms with E-state index in [1.54, 1.807) is 0 Å². The van der Waals surface area contributed by atoms with E-state index in [-0.39, 0.29) is 23.0 Å². The second kappa shape index (κ2) is 6.62. The van der Waals surface area contributed by atoms with E-state index in [2.05, 4.69) is 16.8 Å². The molecule has 0 spiro atoms. The highest BCUT2D eigenvalue weighted by molar-refractivity contribution is 5.89. The number of rotatable bonds is 4. The Morgan fingerprint density at radius 1 is 1.28 bits per heavy atom. The van der Waals surface area contributed by atoms with Gasteiger partial charge in [0.15, 0.2) is 0 Å². The summed E-state index contributed by atoms with van der Waals surface area (Å²) in [6.07, 6.45) is 2.18. The first-order chi connectivity index (χ1) is 12.0. The molecule has 0 aliphatic heterocycles. The highest BCUT2D eigenvalue weighted by Gasteiger charge is 2.55. The third-order valence-corrected chi connectivity index (χ3v) is 5.72. The van der Waals surface area contributed by atoms with E-state index in [9.17, 15) is 4.79 Å². The molecular formula is C19H25N3O3. The monoisotopic (exact) mass is 343 g/mol. The van der Waals surface area contributed by atoms with E-state index >= 15 is 0 Å². The van der Waals surface area contributed by atoms with Gasteiger partial charge in [-0.05, 0) is 32.6 Å². The molecule has 2 aliphatic carbocycles. The fraction of sp³-hybridized carbons (Fsp3) is 0.684. The number of carbonyl (C=O) groups excluding carboxylic acids is 1. The molecule has 4 atom stereocenters. The number of hydrogen-bond acceptors (Lipinski definition) is 5. The van der Waals surface area contributed by atoms with Crippen LogP contribution in [0.15, 0.2) is 0 Å². The molecule has 6 heteroatoms. The van der Waals surface area contributed by atoms with Crippen LogP contribution < -0.4 is 9.47 Å². The Labute approximate surface area is 148 Å². The molecule has 134 valence electrons. The summed E-state index contributed by atoms with van der Waals surface area (Å²) >= 11 is 0. The van der Waals surface area contributed by atoms with Crippen molar-refractivity contribution in [2.24, 2.45) is 11.8 Å². The number of ether oxygens (including phenoxy) is 2. The summed E-state index contributed by atoms with van der Waals surface area (Å²) in [4.78, 5) is 25.2. The van der Waals surface area contributed by atoms with Crippen molar-refractivity contribution in [3.05, 3.63) is 22.7 Å². The Morgan fingerprint density at radius 2 is 2.00 bits per heavy atom. The van der Waals surface area contributed by atoms with Gasteiger partial charge in [0.05, 0.1) is 18.9 Å². The lowest BCUT2D eigenvalue weighted by atomic mass is 9.55. The van der Waals surface area contributed by atoms with Crippen LogP contribution in [0.5, 0.6) is 11.9 Å². The van der Waals surface area contributed by atoms with Crippen molar-refractivity contribution in [1.29, 1.82) is 0 Å². The van der Waals surface area contributed by atoms with E-state index in [4.69, 9.17) is 21.0 Å². The summed E-state index contributed by atoms with van der Waals surface area (Å²) < 4.78 is 11.3. The van der Waals surface area contributed by atoms with Gasteiger partial charge in [-0.3, -0.25) is 4.79 Å². The molecule has 0 N–H and O–H groups in total. The average molecular weight is 343 g/mol. The lowest BCUT2D eigenvalue weighted by Gasteiger charge is -2.47. The predicted molar refractivity (Wildman–Crippen MR) is 92.7 cm³/mol. The topological polar surface area (TPSA) is 65.7 Å². The minimum absolute atomic E-state index is 0.0741. The zero-order chi connectivity index (χ0) is 18.2. The first-order valence-electron chi connectivity index (χ1n) is 9.03. The van der Waals surface area contributed by atoms with Gasteiger partial charge in [0.25, 0.3) is 6.04 Å². The van der Waals surface area contributed by atoms with Crippen LogP contribution in [0.2, 0.25) is 0 Å². The largest absolute Gasteiger partial charge is 0.478 e. The fourth-order valence-electron chi connectivity index (χ4n) is 4.55. The van der Waals surface area contributed by atoms with Crippen molar-refractivity contribution in [2.75, 3.05) is 13.2 Å². The van der Waals surface area contributed by atoms with Crippen LogP contribution in [0, 0.1) is 18.4 Å². The van der Waals surface area contributed by atoms with Gasteiger partial charge in [0.1, 0.15) is 0 Å². The van der Waals surface area contributed by atoms with Crippen LogP contribution in [-0.4, -0.2) is 35.0 Å². The van der Waals surface area contributed by atoms with Crippen molar-refractivity contribution in [3.63, 3.8) is 0 Å². The summed E-state index contributed by atoms with van der Waals surface area (Å²) in [7, 11) is 0. The highest BCUT2D eigenvalue weighted by atomic mass is 16.5. The minimum atomic E-state index is -0.594. The summed E-state index contributed by atoms with van der Waals surface area (Å²) in [6.45, 7) is 16.3. The molecule has 0 aromatic carbocycles. The number of fused-ring (bicyclic) bond motifs is 3. The van der Waals surface area contributed by atoms with Gasteiger partial charge >= 0.3 is 6.01 Å². The van der Waals surface area contributed by atoms with Gasteiger partial charge in [-0.25, -0.2) is 6.57 Å². The maximum atomic E-state index is 12.5. The highest BCUT2D eigenvalue weighted by Crippen LogP contribution is 2.52. The molecule has 0 radical (unpaired) electrons. The van der Waals surface area contributed by atoms with Gasteiger partial charge in [0.2, 0.25) is 11.7 Å². The third-order valence-electron chi connectivity index (χ3n) is 5.72. The Bertz CT molecular complexity index is 727. The summed E-state index contributed by atoms with van der Waals surface area (Å²) in [5.41, 5.74) is 1.57. The molecule has 1 saturated carbocycles. The first-order valence-corrected chi connectivity index (χ1v) is 9.03. The quantitative estimate of drug-likeness (QED) is 0.786. The number of carbonyl (C=O) groups is 1. The van der Waals surface area contributed by atoms with Gasteiger partial charge in [0, 0.05) is 23.3 Å². The lowest BCUT2D eigenvalue weighted by Crippen LogP contribution is -2.52. The second-order valence-electron chi connectivity index (χ2n) is 7.11. The molecule has 1 fully saturated rings. The van der Waals surface area contributed by atoms with Gasteiger partial charge < -0.3 is 14.3 Å². The summed E-state index contributed by atoms with van der Waals surface area (Å²) in [5.74, 6) is 0.709. The average Bonchev–Trinajstić information content (AvgIpc) is 2.59. The fourth-order valence-corrected chi connectivity index (χ4v) is 4.55. The molecule has 3 rings (SSSR count). The Hall–Kier alpha value is -2.16. The number of aromatic nitrogens is 2. The van der Waals surface area contributed by atoms with Gasteiger partial charge in [-0.2, -0.15) is 9.97 Å². The van der Waals surface area contributed by atoms with Crippen molar-refractivity contribution in [2.45, 2.75) is 58.4 Å². The standard InChI is InChI=1S/C19H25N3O3/c1-6-24-17-12-8-9-13-11(3)15(23)14(20-5)10-19(13,4)16(12)21-18(22-17)25-7-2/h11,13-14H,6-10H2,1-4H3/t11-,13-,14?,19-/m0/s1. The number of ketones is 1. The van der Waals surface area contributed by atoms with Crippen molar-refractivity contribution in [3.8, 4) is 11.9 Å². The Balaban J connectivity index is 2.14. The molecular weight excluding hydrogens is 318 g/mol. The molecule has 25 heavy (non-hydrogen) atoms. The Morgan fingerprint density at radius 3 is 2.64 bits per heavy atom. The van der Waals surface area contributed by atoms with E-state index in [0.717, 1.165) is 24.1 Å². The van der Waals surface area contributed by atoms with E-state index < -0.39 is 6.04 Å². The second-order valence-corrected chi connectivity index (χ2v) is 7.11. The summed E-state index contributed by atoms with van der Waals surface area (Å²) in [5, 5.41) is 0. The molecule has 0 saturated heterocycles. The van der Waals surface area contributed by atoms with E-state index in [0.29, 0.717) is 31.5 Å². The first kappa shape index (κ1) is 17.7. The van der Waals surface area contributed by atoms with Crippen LogP contribution >= 0.6 is 0 Å². The van der Waals surface area contributed by atoms with Crippen LogP contribution in [0.1, 0.15) is 51.8 Å². The SMILES string of the molecule is [C-]#[N+]C1C[C@]2(C)c3nc(OCC)nc(OCC)c3CC[C@H]2[C@H](C)C1=O. The Kier molecular flexibility index (Phi) is 4.68. The minimum Gasteiger partial charge on any atom is -0.478 e. The number of Topliss-reactive ketones (excluding diaryl/α,β-unsaturated/α-hetero) is 1. The van der Waals surface area contributed by atoms with Crippen molar-refractivity contribution in [1.82, 2.24) is 9.97 Å². The molecule has 1 aromatic rings. The lowest BCUT2D eigenvalue weighted by molar-refractivity contribution is -0.129. The molecule has 2 aliphatic rings. The maximum Gasteiger partial charge on any atom is 0.319 e. The molecule has 0 amide bonds. The van der Waals surface area contributed by atoms with Crippen molar-refractivity contribution >= 4 is 5.78 Å². The summed E-state index contributed by atoms with van der Waals surface area (Å²) in [6, 6.07) is -0.279. The molecule has 1 unspecified atom stereocenters. The smallest absolute Gasteiger partial charge is 0.319 e. The molecule has 1 heterocycles. The molecule has 0 bridgehead atoms. The van der Waals surface area contributed by atoms with Crippen LogP contribution in [-0.2, 0) is 16.6 Å². The van der Waals surface area contributed by atoms with Crippen LogP contribution in [0.25, 0.3) is 4.85 Å². The molecule has 1 aromatic heterocycles. The zero-order valence-electron chi connectivity index (χ0n) is 15.3. The van der Waals surface area contributed by atoms with Gasteiger partial charge in [-0.1, -0.05) is 13.8 Å². The zero-order valence-corrected chi connectivity index (χ0v) is 15.3. The predicted octanol–water partition coefficient (Wildman–Crippen LogP) is 2.99. The van der Waals surface area contributed by atoms with Crippen LogP contribution in [0.4, 0.5) is 0 Å². The third kappa shape index (κ3) is 2.76. The van der Waals surface area contributed by atoms with Crippen molar-refractivity contribution < 1.29 is 14.3 Å². The van der Waals surface area contributed by atoms with E-state index in [1.165, 1.54) is 0 Å².